The Bertz CT molecular complexity index is 788. The minimum Gasteiger partial charge on any atom is -0.454 e. The number of esters is 1. The zero-order valence-corrected chi connectivity index (χ0v) is 25.7. The van der Waals surface area contributed by atoms with Crippen LogP contribution in [0.2, 0.25) is 36.3 Å². The number of fused-ring (bicyclic) bond motifs is 1. The zero-order chi connectivity index (χ0) is 26.2. The van der Waals surface area contributed by atoms with Crippen LogP contribution < -0.4 is 0 Å². The molecule has 0 spiro atoms. The third-order valence-electron chi connectivity index (χ3n) is 8.94. The molecule has 7 heteroatoms. The first-order valence-corrected chi connectivity index (χ1v) is 18.9. The Morgan fingerprint density at radius 1 is 1.06 bits per heavy atom. The highest BCUT2D eigenvalue weighted by Crippen LogP contribution is 2.54. The Balaban J connectivity index is 2.35. The summed E-state index contributed by atoms with van der Waals surface area (Å²) in [5.74, 6) is -0.476. The molecular weight excluding hydrogens is 460 g/mol. The number of hydrogen-bond donors (Lipinski definition) is 0. The molecule has 1 saturated carbocycles. The lowest BCUT2D eigenvalue weighted by molar-refractivity contribution is -0.155. The molecule has 2 aliphatic carbocycles. The van der Waals surface area contributed by atoms with E-state index in [0.29, 0.717) is 13.0 Å². The first kappa shape index (κ1) is 29.5. The van der Waals surface area contributed by atoms with E-state index in [4.69, 9.17) is 13.6 Å². The second-order valence-corrected chi connectivity index (χ2v) is 23.1. The van der Waals surface area contributed by atoms with Crippen LogP contribution in [0.1, 0.15) is 87.0 Å². The van der Waals surface area contributed by atoms with Gasteiger partial charge in [-0.3, -0.25) is 9.59 Å². The van der Waals surface area contributed by atoms with Crippen molar-refractivity contribution in [1.82, 2.24) is 0 Å². The summed E-state index contributed by atoms with van der Waals surface area (Å²) >= 11 is 0. The minimum atomic E-state index is -2.03. The number of ether oxygens (including phenoxy) is 1. The molecule has 5 nitrogen and oxygen atoms in total. The topological polar surface area (TPSA) is 61.8 Å². The fraction of sp³-hybridized carbons (Fsp3) is 0.852. The van der Waals surface area contributed by atoms with Gasteiger partial charge >= 0.3 is 5.97 Å². The lowest BCUT2D eigenvalue weighted by Gasteiger charge is -2.53. The molecule has 2 aliphatic rings. The molecule has 3 atom stereocenters. The summed E-state index contributed by atoms with van der Waals surface area (Å²) < 4.78 is 19.1. The predicted octanol–water partition coefficient (Wildman–Crippen LogP) is 7.18. The van der Waals surface area contributed by atoms with Crippen LogP contribution in [0.25, 0.3) is 0 Å². The molecule has 0 heterocycles. The molecule has 0 aliphatic heterocycles. The summed E-state index contributed by atoms with van der Waals surface area (Å²) in [4.78, 5) is 24.6. The SMILES string of the molecule is CC(=O)OC1C[C@@]2(CCCO[Si](C)(C)C(C)(C)C)C(=CC1=O)CCC[C@@H]2O[Si](C)(C)C(C)(C)C. The molecule has 0 aromatic heterocycles. The first-order chi connectivity index (χ1) is 15.3. The van der Waals surface area contributed by atoms with Crippen molar-refractivity contribution >= 4 is 28.4 Å². The standard InChI is InChI=1S/C27H50O5Si2/c1-20(28)31-23-19-27(16-13-17-30-33(8,9)25(2,3)4)21(18-22(23)29)14-12-15-24(27)32-34(10,11)26(5,6)7/h18,23-24H,12-17,19H2,1-11H3/t23?,24-,27-/m0/s1. The van der Waals surface area contributed by atoms with Crippen molar-refractivity contribution in [3.63, 3.8) is 0 Å². The summed E-state index contributed by atoms with van der Waals surface area (Å²) in [6.07, 6.45) is 6.34. The van der Waals surface area contributed by atoms with Gasteiger partial charge in [0.2, 0.25) is 0 Å². The molecule has 0 bridgehead atoms. The average molecular weight is 511 g/mol. The molecule has 1 unspecified atom stereocenters. The van der Waals surface area contributed by atoms with E-state index in [2.05, 4.69) is 67.7 Å². The Hall–Kier alpha value is -0.766. The van der Waals surface area contributed by atoms with Gasteiger partial charge in [-0.05, 0) is 74.4 Å². The van der Waals surface area contributed by atoms with Crippen LogP contribution in [0.5, 0.6) is 0 Å². The molecule has 0 aromatic rings. The first-order valence-electron chi connectivity index (χ1n) is 13.1. The molecule has 0 N–H and O–H groups in total. The van der Waals surface area contributed by atoms with E-state index in [-0.39, 0.29) is 27.4 Å². The second-order valence-electron chi connectivity index (χ2n) is 13.5. The maximum Gasteiger partial charge on any atom is 0.303 e. The van der Waals surface area contributed by atoms with Crippen molar-refractivity contribution in [3.05, 3.63) is 11.6 Å². The fourth-order valence-corrected chi connectivity index (χ4v) is 7.24. The Morgan fingerprint density at radius 3 is 2.18 bits per heavy atom. The average Bonchev–Trinajstić information content (AvgIpc) is 2.64. The quantitative estimate of drug-likeness (QED) is 0.197. The van der Waals surface area contributed by atoms with Crippen molar-refractivity contribution in [2.75, 3.05) is 6.61 Å². The van der Waals surface area contributed by atoms with E-state index < -0.39 is 28.7 Å². The van der Waals surface area contributed by atoms with Gasteiger partial charge in [0.1, 0.15) is 0 Å². The molecule has 0 aromatic carbocycles. The number of rotatable bonds is 8. The summed E-state index contributed by atoms with van der Waals surface area (Å²) in [6, 6.07) is 0. The van der Waals surface area contributed by atoms with Crippen LogP contribution in [0.3, 0.4) is 0 Å². The lowest BCUT2D eigenvalue weighted by Crippen LogP contribution is -2.54. The molecular formula is C27H50O5Si2. The molecule has 34 heavy (non-hydrogen) atoms. The Morgan fingerprint density at radius 2 is 1.65 bits per heavy atom. The molecule has 196 valence electrons. The number of hydrogen-bond acceptors (Lipinski definition) is 5. The van der Waals surface area contributed by atoms with Crippen molar-refractivity contribution in [2.24, 2.45) is 5.41 Å². The van der Waals surface area contributed by atoms with E-state index in [1.165, 1.54) is 12.5 Å². The van der Waals surface area contributed by atoms with Crippen molar-refractivity contribution in [3.8, 4) is 0 Å². The van der Waals surface area contributed by atoms with Gasteiger partial charge in [0.05, 0.1) is 6.10 Å². The number of carbonyl (C=O) groups excluding carboxylic acids is 2. The smallest absolute Gasteiger partial charge is 0.303 e. The molecule has 1 fully saturated rings. The van der Waals surface area contributed by atoms with Gasteiger partial charge in [0, 0.05) is 25.4 Å². The van der Waals surface area contributed by atoms with E-state index in [1.54, 1.807) is 6.08 Å². The summed E-state index contributed by atoms with van der Waals surface area (Å²) in [6.45, 7) is 24.9. The van der Waals surface area contributed by atoms with Crippen molar-refractivity contribution in [1.29, 1.82) is 0 Å². The van der Waals surface area contributed by atoms with Crippen LogP contribution in [-0.4, -0.2) is 47.2 Å². The summed E-state index contributed by atoms with van der Waals surface area (Å²) in [5, 5.41) is 0.271. The highest BCUT2D eigenvalue weighted by atomic mass is 28.4. The maximum atomic E-state index is 12.8. The van der Waals surface area contributed by atoms with Gasteiger partial charge in [0.15, 0.2) is 28.5 Å². The van der Waals surface area contributed by atoms with E-state index in [0.717, 1.165) is 32.1 Å². The number of ketones is 1. The Kier molecular flexibility index (Phi) is 8.93. The van der Waals surface area contributed by atoms with Gasteiger partial charge < -0.3 is 13.6 Å². The van der Waals surface area contributed by atoms with E-state index >= 15 is 0 Å². The molecule has 0 saturated heterocycles. The van der Waals surface area contributed by atoms with Gasteiger partial charge in [-0.25, -0.2) is 0 Å². The van der Waals surface area contributed by atoms with Gasteiger partial charge in [0.25, 0.3) is 0 Å². The van der Waals surface area contributed by atoms with Crippen LogP contribution in [-0.2, 0) is 23.2 Å². The second kappa shape index (κ2) is 10.3. The van der Waals surface area contributed by atoms with Gasteiger partial charge in [-0.15, -0.1) is 0 Å². The summed E-state index contributed by atoms with van der Waals surface area (Å²) in [5.41, 5.74) is 0.918. The summed E-state index contributed by atoms with van der Waals surface area (Å²) in [7, 11) is -3.86. The predicted molar refractivity (Wildman–Crippen MR) is 144 cm³/mol. The largest absolute Gasteiger partial charge is 0.454 e. The van der Waals surface area contributed by atoms with Crippen LogP contribution >= 0.6 is 0 Å². The molecule has 0 radical (unpaired) electrons. The number of carbonyl (C=O) groups is 2. The van der Waals surface area contributed by atoms with Crippen molar-refractivity contribution < 1.29 is 23.2 Å². The Labute approximate surface area is 210 Å². The molecule has 2 rings (SSSR count). The monoisotopic (exact) mass is 510 g/mol. The van der Waals surface area contributed by atoms with E-state index in [1.807, 2.05) is 0 Å². The highest BCUT2D eigenvalue weighted by molar-refractivity contribution is 6.74. The normalized spacial score (nSPS) is 26.7. The third kappa shape index (κ3) is 6.51. The highest BCUT2D eigenvalue weighted by Gasteiger charge is 2.53. The van der Waals surface area contributed by atoms with Crippen LogP contribution in [0, 0.1) is 5.41 Å². The fourth-order valence-electron chi connectivity index (χ4n) is 4.74. The minimum absolute atomic E-state index is 0.0346. The maximum absolute atomic E-state index is 12.8. The lowest BCUT2D eigenvalue weighted by atomic mass is 9.60. The zero-order valence-electron chi connectivity index (χ0n) is 23.7. The van der Waals surface area contributed by atoms with Gasteiger partial charge in [-0.1, -0.05) is 47.1 Å². The van der Waals surface area contributed by atoms with Crippen molar-refractivity contribution in [2.45, 2.75) is 135 Å². The van der Waals surface area contributed by atoms with Crippen LogP contribution in [0.4, 0.5) is 0 Å². The van der Waals surface area contributed by atoms with Gasteiger partial charge in [-0.2, -0.15) is 0 Å². The third-order valence-corrected chi connectivity index (χ3v) is 18.0. The van der Waals surface area contributed by atoms with Crippen LogP contribution in [0.15, 0.2) is 11.6 Å². The van der Waals surface area contributed by atoms with E-state index in [9.17, 15) is 9.59 Å². The molecule has 0 amide bonds.